The molecule has 1 unspecified atom stereocenters. The lowest BCUT2D eigenvalue weighted by Crippen LogP contribution is -1.96. The van der Waals surface area contributed by atoms with Crippen molar-refractivity contribution in [1.29, 1.82) is 0 Å². The van der Waals surface area contributed by atoms with Crippen LogP contribution in [0, 0.1) is 29.4 Å². The molecule has 3 aromatic carbocycles. The Kier molecular flexibility index (Phi) is 4.72. The molecule has 0 aliphatic rings. The van der Waals surface area contributed by atoms with Gasteiger partial charge in [-0.1, -0.05) is 43.9 Å². The highest BCUT2D eigenvalue weighted by Crippen LogP contribution is 2.28. The maximum Gasteiger partial charge on any atom is 0.149 e. The van der Waals surface area contributed by atoms with Crippen LogP contribution in [-0.2, 0) is 0 Å². The molecule has 1 atom stereocenters. The molecule has 126 valence electrons. The summed E-state index contributed by atoms with van der Waals surface area (Å²) in [6, 6.07) is 14.2. The molecular weight excluding hydrogens is 316 g/mol. The molecule has 0 bridgehead atoms. The third-order valence-corrected chi connectivity index (χ3v) is 4.33. The molecule has 0 spiro atoms. The predicted octanol–water partition coefficient (Wildman–Crippen LogP) is 5.76. The SMILES string of the molecule is CCC(C)C#Cc1ccc2cc(-c3cc(F)c(N)c(F)c3)ccc2c1. The zero-order valence-corrected chi connectivity index (χ0v) is 14.2. The number of nitrogen functional groups attached to an aromatic ring is 1. The lowest BCUT2D eigenvalue weighted by molar-refractivity contribution is 0.592. The van der Waals surface area contributed by atoms with Crippen molar-refractivity contribution in [2.45, 2.75) is 20.3 Å². The summed E-state index contributed by atoms with van der Waals surface area (Å²) >= 11 is 0. The van der Waals surface area contributed by atoms with Crippen molar-refractivity contribution in [3.05, 3.63) is 65.7 Å². The zero-order chi connectivity index (χ0) is 18.0. The topological polar surface area (TPSA) is 26.0 Å². The fraction of sp³-hybridized carbons (Fsp3) is 0.182. The van der Waals surface area contributed by atoms with E-state index in [9.17, 15) is 8.78 Å². The second kappa shape index (κ2) is 6.94. The molecule has 0 heterocycles. The minimum absolute atomic E-state index is 0.369. The van der Waals surface area contributed by atoms with Crippen LogP contribution in [0.3, 0.4) is 0 Å². The largest absolute Gasteiger partial charge is 0.394 e. The number of nitrogens with two attached hydrogens (primary N) is 1. The Morgan fingerprint density at radius 3 is 2.24 bits per heavy atom. The van der Waals surface area contributed by atoms with Crippen LogP contribution in [0.2, 0.25) is 0 Å². The molecule has 3 heteroatoms. The van der Waals surface area contributed by atoms with E-state index < -0.39 is 17.3 Å². The van der Waals surface area contributed by atoms with Crippen LogP contribution < -0.4 is 5.73 Å². The fourth-order valence-electron chi connectivity index (χ4n) is 2.56. The molecule has 0 saturated carbocycles. The minimum atomic E-state index is -0.745. The smallest absolute Gasteiger partial charge is 0.149 e. The van der Waals surface area contributed by atoms with Crippen LogP contribution >= 0.6 is 0 Å². The molecule has 0 aliphatic carbocycles. The van der Waals surface area contributed by atoms with Gasteiger partial charge in [-0.25, -0.2) is 8.78 Å². The lowest BCUT2D eigenvalue weighted by Gasteiger charge is -2.07. The van der Waals surface area contributed by atoms with E-state index >= 15 is 0 Å². The second-order valence-electron chi connectivity index (χ2n) is 6.21. The Balaban J connectivity index is 1.99. The summed E-state index contributed by atoms with van der Waals surface area (Å²) in [6.07, 6.45) is 1.03. The zero-order valence-electron chi connectivity index (χ0n) is 14.2. The fourth-order valence-corrected chi connectivity index (χ4v) is 2.56. The Labute approximate surface area is 146 Å². The molecule has 3 rings (SSSR count). The van der Waals surface area contributed by atoms with E-state index in [-0.39, 0.29) is 0 Å². The van der Waals surface area contributed by atoms with Gasteiger partial charge in [-0.05, 0) is 58.7 Å². The number of halogens is 2. The van der Waals surface area contributed by atoms with E-state index in [4.69, 9.17) is 5.73 Å². The van der Waals surface area contributed by atoms with E-state index in [0.29, 0.717) is 11.5 Å². The van der Waals surface area contributed by atoms with Gasteiger partial charge in [0.05, 0.1) is 0 Å². The molecule has 25 heavy (non-hydrogen) atoms. The number of anilines is 1. The van der Waals surface area contributed by atoms with Gasteiger partial charge in [-0.3, -0.25) is 0 Å². The summed E-state index contributed by atoms with van der Waals surface area (Å²) in [5, 5.41) is 2.03. The van der Waals surface area contributed by atoms with Crippen molar-refractivity contribution in [3.8, 4) is 23.0 Å². The third-order valence-electron chi connectivity index (χ3n) is 4.33. The summed E-state index contributed by atoms with van der Waals surface area (Å²) in [6.45, 7) is 4.22. The van der Waals surface area contributed by atoms with E-state index in [1.54, 1.807) is 0 Å². The highest BCUT2D eigenvalue weighted by Gasteiger charge is 2.09. The standard InChI is InChI=1S/C22H19F2N/c1-3-14(2)4-5-15-6-7-17-11-18(9-8-16(17)10-15)19-12-20(23)22(25)21(24)13-19/h6-14H,3,25H2,1-2H3. The predicted molar refractivity (Wildman–Crippen MR) is 100 cm³/mol. The average Bonchev–Trinajstić information content (AvgIpc) is 2.63. The van der Waals surface area contributed by atoms with Gasteiger partial charge in [0, 0.05) is 11.5 Å². The van der Waals surface area contributed by atoms with Crippen LogP contribution in [0.1, 0.15) is 25.8 Å². The highest BCUT2D eigenvalue weighted by atomic mass is 19.1. The van der Waals surface area contributed by atoms with Crippen LogP contribution in [0.5, 0.6) is 0 Å². The van der Waals surface area contributed by atoms with Gasteiger partial charge in [-0.2, -0.15) is 0 Å². The number of hydrogen-bond acceptors (Lipinski definition) is 1. The number of rotatable bonds is 2. The van der Waals surface area contributed by atoms with Gasteiger partial charge >= 0.3 is 0 Å². The van der Waals surface area contributed by atoms with Gasteiger partial charge in [0.25, 0.3) is 0 Å². The van der Waals surface area contributed by atoms with Crippen molar-refractivity contribution in [2.75, 3.05) is 5.73 Å². The third kappa shape index (κ3) is 3.64. The number of fused-ring (bicyclic) bond motifs is 1. The van der Waals surface area contributed by atoms with Crippen molar-refractivity contribution in [3.63, 3.8) is 0 Å². The first-order valence-corrected chi connectivity index (χ1v) is 8.28. The average molecular weight is 335 g/mol. The molecule has 3 aromatic rings. The first-order chi connectivity index (χ1) is 12.0. The summed E-state index contributed by atoms with van der Waals surface area (Å²) in [5.74, 6) is 5.29. The Morgan fingerprint density at radius 2 is 1.56 bits per heavy atom. The Bertz CT molecular complexity index is 973. The van der Waals surface area contributed by atoms with Crippen LogP contribution in [0.4, 0.5) is 14.5 Å². The molecule has 2 N–H and O–H groups in total. The maximum atomic E-state index is 13.7. The van der Waals surface area contributed by atoms with Gasteiger partial charge in [0.15, 0.2) is 0 Å². The van der Waals surface area contributed by atoms with Crippen molar-refractivity contribution < 1.29 is 8.78 Å². The van der Waals surface area contributed by atoms with E-state index in [1.807, 2.05) is 36.4 Å². The Morgan fingerprint density at radius 1 is 0.920 bits per heavy atom. The van der Waals surface area contributed by atoms with Crippen LogP contribution in [0.15, 0.2) is 48.5 Å². The molecule has 0 saturated heterocycles. The van der Waals surface area contributed by atoms with Gasteiger partial charge in [0.1, 0.15) is 17.3 Å². The molecule has 1 nitrogen and oxygen atoms in total. The summed E-state index contributed by atoms with van der Waals surface area (Å²) in [5.41, 5.74) is 7.05. The Hall–Kier alpha value is -2.86. The van der Waals surface area contributed by atoms with Crippen LogP contribution in [-0.4, -0.2) is 0 Å². The van der Waals surface area contributed by atoms with Crippen LogP contribution in [0.25, 0.3) is 21.9 Å². The van der Waals surface area contributed by atoms with Crippen molar-refractivity contribution in [1.82, 2.24) is 0 Å². The molecule has 0 amide bonds. The second-order valence-corrected chi connectivity index (χ2v) is 6.21. The summed E-state index contributed by atoms with van der Waals surface area (Å²) < 4.78 is 27.4. The summed E-state index contributed by atoms with van der Waals surface area (Å²) in [4.78, 5) is 0. The molecule has 0 fully saturated rings. The van der Waals surface area contributed by atoms with Crippen molar-refractivity contribution in [2.24, 2.45) is 5.92 Å². The molecule has 0 radical (unpaired) electrons. The normalized spacial score (nSPS) is 11.8. The van der Waals surface area contributed by atoms with Crippen molar-refractivity contribution >= 4 is 16.5 Å². The maximum absolute atomic E-state index is 13.7. The minimum Gasteiger partial charge on any atom is -0.394 e. The van der Waals surface area contributed by atoms with E-state index in [2.05, 4.69) is 25.7 Å². The summed E-state index contributed by atoms with van der Waals surface area (Å²) in [7, 11) is 0. The monoisotopic (exact) mass is 335 g/mol. The molecular formula is C22H19F2N. The molecule has 0 aromatic heterocycles. The highest BCUT2D eigenvalue weighted by molar-refractivity contribution is 5.88. The van der Waals surface area contributed by atoms with E-state index in [0.717, 1.165) is 28.3 Å². The number of benzene rings is 3. The quantitative estimate of drug-likeness (QED) is 0.467. The first-order valence-electron chi connectivity index (χ1n) is 8.28. The molecule has 0 aliphatic heterocycles. The van der Waals surface area contributed by atoms with Gasteiger partial charge in [0.2, 0.25) is 0 Å². The first kappa shape index (κ1) is 17.0. The lowest BCUT2D eigenvalue weighted by atomic mass is 9.99. The van der Waals surface area contributed by atoms with E-state index in [1.165, 1.54) is 12.1 Å². The van der Waals surface area contributed by atoms with Gasteiger partial charge < -0.3 is 5.73 Å². The number of hydrogen-bond donors (Lipinski definition) is 1. The van der Waals surface area contributed by atoms with Gasteiger partial charge in [-0.15, -0.1) is 0 Å².